The molecule has 1 fully saturated rings. The van der Waals surface area contributed by atoms with Crippen molar-refractivity contribution >= 4 is 39.9 Å². The molecule has 3 aromatic rings. The maximum atomic E-state index is 12.5. The van der Waals surface area contributed by atoms with Crippen LogP contribution < -0.4 is 20.3 Å². The number of fused-ring (bicyclic) bond motifs is 1. The standard InChI is InChI=1S/C28H34N4O3/c1-18-12-19(2)17-32(16-18)26-13-20(3)24-15-22(8-9-25(24)31-26)30-28(34)11-10-27(33)29-21-6-5-7-23(14-21)35-4/h5-9,13-15,18-19H,10-12,16-17H2,1-4H3,(H,29,33)(H,30,34)/t18-,19-/m1/s1. The van der Waals surface area contributed by atoms with Gasteiger partial charge in [0, 0.05) is 48.8 Å². The van der Waals surface area contributed by atoms with Crippen LogP contribution in [-0.4, -0.2) is 37.0 Å². The van der Waals surface area contributed by atoms with Crippen LogP contribution in [0.2, 0.25) is 0 Å². The number of aryl methyl sites for hydroxylation is 1. The minimum atomic E-state index is -0.221. The van der Waals surface area contributed by atoms with E-state index in [4.69, 9.17) is 9.72 Å². The summed E-state index contributed by atoms with van der Waals surface area (Å²) >= 11 is 0. The zero-order valence-electron chi connectivity index (χ0n) is 20.9. The van der Waals surface area contributed by atoms with Crippen molar-refractivity contribution in [2.45, 2.75) is 40.0 Å². The van der Waals surface area contributed by atoms with Gasteiger partial charge in [-0.25, -0.2) is 4.98 Å². The van der Waals surface area contributed by atoms with Gasteiger partial charge in [0.05, 0.1) is 12.6 Å². The number of carbonyl (C=O) groups excluding carboxylic acids is 2. The summed E-state index contributed by atoms with van der Waals surface area (Å²) in [5.41, 5.74) is 3.39. The van der Waals surface area contributed by atoms with Gasteiger partial charge in [-0.15, -0.1) is 0 Å². The number of aromatic nitrogens is 1. The van der Waals surface area contributed by atoms with Crippen molar-refractivity contribution in [2.24, 2.45) is 11.8 Å². The van der Waals surface area contributed by atoms with Gasteiger partial charge < -0.3 is 20.3 Å². The van der Waals surface area contributed by atoms with Crippen molar-refractivity contribution in [1.29, 1.82) is 0 Å². The minimum absolute atomic E-state index is 0.0905. The van der Waals surface area contributed by atoms with E-state index in [1.807, 2.05) is 18.2 Å². The summed E-state index contributed by atoms with van der Waals surface area (Å²) in [5.74, 6) is 2.57. The van der Waals surface area contributed by atoms with Crippen molar-refractivity contribution < 1.29 is 14.3 Å². The third-order valence-corrected chi connectivity index (χ3v) is 6.41. The number of methoxy groups -OCH3 is 1. The highest BCUT2D eigenvalue weighted by molar-refractivity contribution is 5.98. The molecule has 2 heterocycles. The molecule has 1 aliphatic heterocycles. The van der Waals surface area contributed by atoms with Crippen LogP contribution in [0, 0.1) is 18.8 Å². The lowest BCUT2D eigenvalue weighted by Gasteiger charge is -2.36. The molecule has 0 saturated carbocycles. The van der Waals surface area contributed by atoms with Crippen LogP contribution in [0.15, 0.2) is 48.5 Å². The van der Waals surface area contributed by atoms with Gasteiger partial charge in [-0.05, 0) is 67.1 Å². The lowest BCUT2D eigenvalue weighted by molar-refractivity contribution is -0.121. The van der Waals surface area contributed by atoms with Crippen molar-refractivity contribution in [1.82, 2.24) is 4.98 Å². The van der Waals surface area contributed by atoms with Gasteiger partial charge in [-0.3, -0.25) is 9.59 Å². The van der Waals surface area contributed by atoms with Crippen molar-refractivity contribution in [3.05, 3.63) is 54.1 Å². The molecule has 35 heavy (non-hydrogen) atoms. The summed E-state index contributed by atoms with van der Waals surface area (Å²) in [5, 5.41) is 6.72. The molecule has 4 rings (SSSR count). The predicted octanol–water partition coefficient (Wildman–Crippen LogP) is 5.39. The number of benzene rings is 2. The van der Waals surface area contributed by atoms with Gasteiger partial charge in [0.2, 0.25) is 11.8 Å². The first-order chi connectivity index (χ1) is 16.8. The van der Waals surface area contributed by atoms with Crippen LogP contribution >= 0.6 is 0 Å². The smallest absolute Gasteiger partial charge is 0.224 e. The Balaban J connectivity index is 1.37. The predicted molar refractivity (Wildman–Crippen MR) is 141 cm³/mol. The molecular weight excluding hydrogens is 440 g/mol. The number of amides is 2. The van der Waals surface area contributed by atoms with Crippen LogP contribution in [0.4, 0.5) is 17.2 Å². The Hall–Kier alpha value is -3.61. The fourth-order valence-electron chi connectivity index (χ4n) is 4.84. The van der Waals surface area contributed by atoms with Crippen LogP contribution in [0.1, 0.15) is 38.7 Å². The van der Waals surface area contributed by atoms with Gasteiger partial charge in [0.15, 0.2) is 0 Å². The fraction of sp³-hybridized carbons (Fsp3) is 0.393. The number of nitrogens with zero attached hydrogens (tertiary/aromatic N) is 2. The maximum absolute atomic E-state index is 12.5. The number of carbonyl (C=O) groups is 2. The first-order valence-corrected chi connectivity index (χ1v) is 12.2. The number of anilines is 3. The molecule has 0 unspecified atom stereocenters. The molecule has 0 radical (unpaired) electrons. The van der Waals surface area contributed by atoms with E-state index in [1.54, 1.807) is 31.4 Å². The zero-order valence-corrected chi connectivity index (χ0v) is 20.9. The van der Waals surface area contributed by atoms with E-state index < -0.39 is 0 Å². The Morgan fingerprint density at radius 3 is 2.29 bits per heavy atom. The molecule has 2 N–H and O–H groups in total. The summed E-state index contributed by atoms with van der Waals surface area (Å²) in [6, 6.07) is 15.0. The van der Waals surface area contributed by atoms with Gasteiger partial charge >= 0.3 is 0 Å². The molecule has 7 nitrogen and oxygen atoms in total. The Kier molecular flexibility index (Phi) is 7.54. The second-order valence-corrected chi connectivity index (χ2v) is 9.71. The number of nitrogens with one attached hydrogen (secondary N) is 2. The quantitative estimate of drug-likeness (QED) is 0.480. The van der Waals surface area contributed by atoms with Crippen molar-refractivity contribution in [2.75, 3.05) is 35.7 Å². The number of piperidine rings is 1. The zero-order chi connectivity index (χ0) is 24.9. The molecule has 1 aromatic heterocycles. The van der Waals surface area contributed by atoms with Crippen LogP contribution in [0.25, 0.3) is 10.9 Å². The van der Waals surface area contributed by atoms with Gasteiger partial charge in [-0.2, -0.15) is 0 Å². The molecule has 1 aliphatic rings. The highest BCUT2D eigenvalue weighted by atomic mass is 16.5. The monoisotopic (exact) mass is 474 g/mol. The molecule has 184 valence electrons. The first kappa shape index (κ1) is 24.5. The van der Waals surface area contributed by atoms with Crippen molar-refractivity contribution in [3.63, 3.8) is 0 Å². The second-order valence-electron chi connectivity index (χ2n) is 9.71. The number of hydrogen-bond acceptors (Lipinski definition) is 5. The normalized spacial score (nSPS) is 17.8. The maximum Gasteiger partial charge on any atom is 0.224 e. The summed E-state index contributed by atoms with van der Waals surface area (Å²) in [4.78, 5) is 32.0. The number of hydrogen-bond donors (Lipinski definition) is 2. The molecule has 7 heteroatoms. The average Bonchev–Trinajstić information content (AvgIpc) is 2.82. The molecular formula is C28H34N4O3. The lowest BCUT2D eigenvalue weighted by atomic mass is 9.92. The summed E-state index contributed by atoms with van der Waals surface area (Å²) in [6.07, 6.45) is 1.44. The van der Waals surface area contributed by atoms with E-state index in [2.05, 4.69) is 42.4 Å². The molecule has 0 spiro atoms. The van der Waals surface area contributed by atoms with Gasteiger partial charge in [-0.1, -0.05) is 19.9 Å². The largest absolute Gasteiger partial charge is 0.497 e. The Bertz CT molecular complexity index is 1220. The lowest BCUT2D eigenvalue weighted by Crippen LogP contribution is -2.39. The molecule has 0 bridgehead atoms. The summed E-state index contributed by atoms with van der Waals surface area (Å²) < 4.78 is 5.16. The SMILES string of the molecule is COc1cccc(NC(=O)CCC(=O)Nc2ccc3nc(N4C[C@H](C)C[C@@H](C)C4)cc(C)c3c2)c1. The highest BCUT2D eigenvalue weighted by Gasteiger charge is 2.23. The van der Waals surface area contributed by atoms with E-state index in [9.17, 15) is 9.59 Å². The van der Waals surface area contributed by atoms with E-state index in [0.717, 1.165) is 35.4 Å². The van der Waals surface area contributed by atoms with Crippen LogP contribution in [0.5, 0.6) is 5.75 Å². The topological polar surface area (TPSA) is 83.6 Å². The van der Waals surface area contributed by atoms with Crippen LogP contribution in [-0.2, 0) is 9.59 Å². The molecule has 2 aromatic carbocycles. The van der Waals surface area contributed by atoms with Gasteiger partial charge in [0.1, 0.15) is 11.6 Å². The molecule has 1 saturated heterocycles. The third-order valence-electron chi connectivity index (χ3n) is 6.41. The Morgan fingerprint density at radius 1 is 0.971 bits per heavy atom. The molecule has 2 amide bonds. The average molecular weight is 475 g/mol. The van der Waals surface area contributed by atoms with Crippen LogP contribution in [0.3, 0.4) is 0 Å². The fourth-order valence-corrected chi connectivity index (χ4v) is 4.84. The van der Waals surface area contributed by atoms with E-state index >= 15 is 0 Å². The van der Waals surface area contributed by atoms with Gasteiger partial charge in [0.25, 0.3) is 0 Å². The molecule has 2 atom stereocenters. The molecule has 0 aliphatic carbocycles. The third kappa shape index (κ3) is 6.29. The van der Waals surface area contributed by atoms with E-state index in [1.165, 1.54) is 6.42 Å². The number of pyridine rings is 1. The minimum Gasteiger partial charge on any atom is -0.497 e. The highest BCUT2D eigenvalue weighted by Crippen LogP contribution is 2.29. The second kappa shape index (κ2) is 10.8. The summed E-state index contributed by atoms with van der Waals surface area (Å²) in [7, 11) is 1.57. The van der Waals surface area contributed by atoms with Crippen molar-refractivity contribution in [3.8, 4) is 5.75 Å². The van der Waals surface area contributed by atoms with E-state index in [0.29, 0.717) is 29.0 Å². The summed E-state index contributed by atoms with van der Waals surface area (Å²) in [6.45, 7) is 8.74. The van der Waals surface area contributed by atoms with E-state index in [-0.39, 0.29) is 24.7 Å². The Morgan fingerprint density at radius 2 is 1.63 bits per heavy atom. The first-order valence-electron chi connectivity index (χ1n) is 12.2. The number of rotatable bonds is 7. The number of ether oxygens (including phenoxy) is 1. The Labute approximate surface area is 206 Å².